The molecule has 1 aliphatic heterocycles. The predicted molar refractivity (Wildman–Crippen MR) is 70.1 cm³/mol. The molecule has 3 amide bonds. The second-order valence-corrected chi connectivity index (χ2v) is 4.48. The summed E-state index contributed by atoms with van der Waals surface area (Å²) in [6.07, 6.45) is 0.778. The summed E-state index contributed by atoms with van der Waals surface area (Å²) in [6.45, 7) is 2.28. The second-order valence-electron chi connectivity index (χ2n) is 4.48. The molecular weight excluding hydrogens is 246 g/mol. The molecule has 1 aromatic carbocycles. The van der Waals surface area contributed by atoms with Gasteiger partial charge in [0.2, 0.25) is 5.91 Å². The number of nitrogens with one attached hydrogen (secondary N) is 1. The van der Waals surface area contributed by atoms with Gasteiger partial charge in [-0.3, -0.25) is 14.9 Å². The summed E-state index contributed by atoms with van der Waals surface area (Å²) >= 11 is 0. The van der Waals surface area contributed by atoms with Gasteiger partial charge in [0, 0.05) is 17.8 Å². The molecular formula is C13H15N3O3. The van der Waals surface area contributed by atoms with Crippen molar-refractivity contribution in [3.8, 4) is 0 Å². The third kappa shape index (κ3) is 2.90. The first kappa shape index (κ1) is 13.1. The second kappa shape index (κ2) is 5.09. The summed E-state index contributed by atoms with van der Waals surface area (Å²) < 4.78 is 0. The minimum absolute atomic E-state index is 0.0210. The lowest BCUT2D eigenvalue weighted by Gasteiger charge is -2.18. The Balaban J connectivity index is 2.12. The molecule has 0 saturated heterocycles. The van der Waals surface area contributed by atoms with Gasteiger partial charge in [0.05, 0.1) is 6.54 Å². The molecule has 0 aliphatic carbocycles. The van der Waals surface area contributed by atoms with E-state index in [1.54, 1.807) is 6.07 Å². The highest BCUT2D eigenvalue weighted by Gasteiger charge is 2.22. The quantitative estimate of drug-likeness (QED) is 0.772. The lowest BCUT2D eigenvalue weighted by Crippen LogP contribution is -2.41. The number of ketones is 1. The summed E-state index contributed by atoms with van der Waals surface area (Å²) in [6, 6.07) is 4.57. The van der Waals surface area contributed by atoms with Crippen LogP contribution in [0.3, 0.4) is 0 Å². The minimum atomic E-state index is -0.851. The van der Waals surface area contributed by atoms with Crippen molar-refractivity contribution in [2.75, 3.05) is 18.0 Å². The largest absolute Gasteiger partial charge is 0.362 e. The Hall–Kier alpha value is -2.37. The molecule has 6 heteroatoms. The number of primary amides is 1. The van der Waals surface area contributed by atoms with Crippen LogP contribution < -0.4 is 16.0 Å². The Labute approximate surface area is 110 Å². The van der Waals surface area contributed by atoms with E-state index in [-0.39, 0.29) is 12.3 Å². The van der Waals surface area contributed by atoms with Gasteiger partial charge in [-0.1, -0.05) is 0 Å². The Morgan fingerprint density at radius 3 is 2.74 bits per heavy atom. The van der Waals surface area contributed by atoms with Crippen molar-refractivity contribution < 1.29 is 14.4 Å². The van der Waals surface area contributed by atoms with Crippen LogP contribution in [-0.4, -0.2) is 30.8 Å². The normalized spacial score (nSPS) is 13.0. The number of carbonyl (C=O) groups is 3. The molecule has 100 valence electrons. The molecule has 0 unspecified atom stereocenters. The van der Waals surface area contributed by atoms with Gasteiger partial charge in [-0.05, 0) is 37.1 Å². The maximum absolute atomic E-state index is 11.5. The lowest BCUT2D eigenvalue weighted by atomic mass is 10.1. The van der Waals surface area contributed by atoms with Crippen molar-refractivity contribution in [1.82, 2.24) is 5.32 Å². The van der Waals surface area contributed by atoms with Crippen molar-refractivity contribution in [2.24, 2.45) is 5.73 Å². The highest BCUT2D eigenvalue weighted by Crippen LogP contribution is 2.28. The molecule has 0 spiro atoms. The van der Waals surface area contributed by atoms with Gasteiger partial charge in [0.1, 0.15) is 0 Å². The van der Waals surface area contributed by atoms with Crippen LogP contribution in [0.1, 0.15) is 22.8 Å². The Kier molecular flexibility index (Phi) is 3.50. The first-order valence-corrected chi connectivity index (χ1v) is 5.95. The van der Waals surface area contributed by atoms with E-state index in [2.05, 4.69) is 0 Å². The first-order chi connectivity index (χ1) is 8.97. The van der Waals surface area contributed by atoms with Crippen LogP contribution >= 0.6 is 0 Å². The molecule has 0 fully saturated rings. The molecule has 6 nitrogen and oxygen atoms in total. The summed E-state index contributed by atoms with van der Waals surface area (Å²) in [4.78, 5) is 35.2. The van der Waals surface area contributed by atoms with E-state index < -0.39 is 11.9 Å². The number of urea groups is 1. The van der Waals surface area contributed by atoms with E-state index in [1.807, 2.05) is 22.3 Å². The molecule has 0 atom stereocenters. The minimum Gasteiger partial charge on any atom is -0.362 e. The molecule has 19 heavy (non-hydrogen) atoms. The van der Waals surface area contributed by atoms with E-state index in [9.17, 15) is 14.4 Å². The standard InChI is InChI=1S/C13H15N3O3/c1-8(17)9-2-3-11-10(6-9)4-5-16(11)7-12(18)15-13(14)19/h2-3,6H,4-5,7H2,1H3,(H3,14,15,18,19). The summed E-state index contributed by atoms with van der Waals surface area (Å²) in [5.74, 6) is -0.413. The van der Waals surface area contributed by atoms with Crippen LogP contribution in [0.25, 0.3) is 0 Å². The number of anilines is 1. The topological polar surface area (TPSA) is 92.5 Å². The number of hydrogen-bond donors (Lipinski definition) is 2. The van der Waals surface area contributed by atoms with Gasteiger partial charge in [-0.15, -0.1) is 0 Å². The van der Waals surface area contributed by atoms with Gasteiger partial charge in [0.15, 0.2) is 5.78 Å². The highest BCUT2D eigenvalue weighted by molar-refractivity contribution is 5.97. The molecule has 0 aromatic heterocycles. The van der Waals surface area contributed by atoms with Crippen LogP contribution in [0, 0.1) is 0 Å². The molecule has 0 radical (unpaired) electrons. The third-order valence-electron chi connectivity index (χ3n) is 3.07. The fraction of sp³-hybridized carbons (Fsp3) is 0.308. The van der Waals surface area contributed by atoms with Crippen molar-refractivity contribution in [3.05, 3.63) is 29.3 Å². The van der Waals surface area contributed by atoms with Gasteiger partial charge < -0.3 is 10.6 Å². The number of nitrogens with zero attached hydrogens (tertiary/aromatic N) is 1. The third-order valence-corrected chi connectivity index (χ3v) is 3.07. The van der Waals surface area contributed by atoms with E-state index in [0.29, 0.717) is 12.1 Å². The molecule has 0 bridgehead atoms. The van der Waals surface area contributed by atoms with Crippen LogP contribution in [0.4, 0.5) is 10.5 Å². The van der Waals surface area contributed by atoms with Crippen LogP contribution in [0.2, 0.25) is 0 Å². The van der Waals surface area contributed by atoms with E-state index in [4.69, 9.17) is 5.73 Å². The Morgan fingerprint density at radius 1 is 1.37 bits per heavy atom. The van der Waals surface area contributed by atoms with E-state index in [1.165, 1.54) is 6.92 Å². The zero-order valence-corrected chi connectivity index (χ0v) is 10.6. The Morgan fingerprint density at radius 2 is 2.11 bits per heavy atom. The zero-order chi connectivity index (χ0) is 14.0. The molecule has 0 saturated carbocycles. The maximum atomic E-state index is 11.5. The summed E-state index contributed by atoms with van der Waals surface area (Å²) in [5.41, 5.74) is 7.52. The van der Waals surface area contributed by atoms with Gasteiger partial charge >= 0.3 is 6.03 Å². The molecule has 1 aliphatic rings. The van der Waals surface area contributed by atoms with Gasteiger partial charge in [-0.25, -0.2) is 4.79 Å². The first-order valence-electron chi connectivity index (χ1n) is 5.95. The number of Topliss-reactive ketones (excluding diaryl/α,β-unsaturated/α-hetero) is 1. The summed E-state index contributed by atoms with van der Waals surface area (Å²) in [7, 11) is 0. The fourth-order valence-corrected chi connectivity index (χ4v) is 2.20. The number of imide groups is 1. The maximum Gasteiger partial charge on any atom is 0.318 e. The van der Waals surface area contributed by atoms with Crippen LogP contribution in [0.15, 0.2) is 18.2 Å². The van der Waals surface area contributed by atoms with Gasteiger partial charge in [-0.2, -0.15) is 0 Å². The molecule has 2 rings (SSSR count). The fourth-order valence-electron chi connectivity index (χ4n) is 2.20. The number of rotatable bonds is 3. The molecule has 3 N–H and O–H groups in total. The lowest BCUT2D eigenvalue weighted by molar-refractivity contribution is -0.118. The SMILES string of the molecule is CC(=O)c1ccc2c(c1)CCN2CC(=O)NC(N)=O. The number of carbonyl (C=O) groups excluding carboxylic acids is 3. The number of amides is 3. The smallest absolute Gasteiger partial charge is 0.318 e. The van der Waals surface area contributed by atoms with Crippen molar-refractivity contribution in [3.63, 3.8) is 0 Å². The molecule has 1 aromatic rings. The van der Waals surface area contributed by atoms with Crippen molar-refractivity contribution in [1.29, 1.82) is 0 Å². The highest BCUT2D eigenvalue weighted by atomic mass is 16.2. The van der Waals surface area contributed by atoms with Crippen molar-refractivity contribution in [2.45, 2.75) is 13.3 Å². The number of benzene rings is 1. The zero-order valence-electron chi connectivity index (χ0n) is 10.6. The van der Waals surface area contributed by atoms with Crippen LogP contribution in [0.5, 0.6) is 0 Å². The number of hydrogen-bond acceptors (Lipinski definition) is 4. The van der Waals surface area contributed by atoms with E-state index in [0.717, 1.165) is 17.7 Å². The van der Waals surface area contributed by atoms with Crippen molar-refractivity contribution >= 4 is 23.4 Å². The van der Waals surface area contributed by atoms with Crippen LogP contribution in [-0.2, 0) is 11.2 Å². The summed E-state index contributed by atoms with van der Waals surface area (Å²) in [5, 5.41) is 2.03. The average molecular weight is 261 g/mol. The molecule has 1 heterocycles. The Bertz CT molecular complexity index is 554. The average Bonchev–Trinajstić information content (AvgIpc) is 2.70. The predicted octanol–water partition coefficient (Wildman–Crippen LogP) is 0.447. The van der Waals surface area contributed by atoms with E-state index >= 15 is 0 Å². The monoisotopic (exact) mass is 261 g/mol. The van der Waals surface area contributed by atoms with Gasteiger partial charge in [0.25, 0.3) is 0 Å². The number of nitrogens with two attached hydrogens (primary N) is 1. The number of fused-ring (bicyclic) bond motifs is 1.